The van der Waals surface area contributed by atoms with Gasteiger partial charge in [0, 0.05) is 40.3 Å². The van der Waals surface area contributed by atoms with Crippen LogP contribution in [0, 0.1) is 16.7 Å². The zero-order valence-corrected chi connectivity index (χ0v) is 18.2. The van der Waals surface area contributed by atoms with E-state index < -0.39 is 0 Å². The summed E-state index contributed by atoms with van der Waals surface area (Å²) in [6.07, 6.45) is 8.69. The fourth-order valence-electron chi connectivity index (χ4n) is 5.66. The van der Waals surface area contributed by atoms with Crippen LogP contribution in [0.5, 0.6) is 0 Å². The van der Waals surface area contributed by atoms with E-state index in [1.54, 1.807) is 0 Å². The molecule has 1 aromatic carbocycles. The molecule has 0 aromatic heterocycles. The number of benzene rings is 1. The number of anilines is 1. The normalized spacial score (nSPS) is 35.3. The van der Waals surface area contributed by atoms with Crippen LogP contribution in [0.3, 0.4) is 0 Å². The molecule has 4 atom stereocenters. The van der Waals surface area contributed by atoms with Crippen molar-refractivity contribution in [3.63, 3.8) is 0 Å². The molecule has 2 aliphatic heterocycles. The molecule has 4 rings (SSSR count). The molecule has 2 unspecified atom stereocenters. The second kappa shape index (κ2) is 6.54. The van der Waals surface area contributed by atoms with Crippen LogP contribution in [-0.4, -0.2) is 19.1 Å². The summed E-state index contributed by atoms with van der Waals surface area (Å²) in [6.45, 7) is 11.3. The predicted octanol–water partition coefficient (Wildman–Crippen LogP) is 6.12. The number of hydrogen-bond acceptors (Lipinski definition) is 2. The predicted molar refractivity (Wildman–Crippen MR) is 117 cm³/mol. The van der Waals surface area contributed by atoms with Gasteiger partial charge in [-0.1, -0.05) is 63.0 Å². The number of nitrogens with one attached hydrogen (secondary N) is 2. The maximum atomic E-state index is 6.46. The molecule has 0 amide bonds. The van der Waals surface area contributed by atoms with E-state index in [-0.39, 0.29) is 16.2 Å². The molecule has 0 bridgehead atoms. The Morgan fingerprint density at radius 2 is 2.00 bits per heavy atom. The maximum absolute atomic E-state index is 6.46. The lowest BCUT2D eigenvalue weighted by atomic mass is 9.57. The highest BCUT2D eigenvalue weighted by Gasteiger charge is 2.59. The Morgan fingerprint density at radius 1 is 1.22 bits per heavy atom. The van der Waals surface area contributed by atoms with E-state index >= 15 is 0 Å². The lowest BCUT2D eigenvalue weighted by Gasteiger charge is -2.46. The first kappa shape index (κ1) is 19.4. The van der Waals surface area contributed by atoms with E-state index in [1.165, 1.54) is 11.3 Å². The summed E-state index contributed by atoms with van der Waals surface area (Å²) in [5.74, 6) is 0.447. The largest absolute Gasteiger partial charge is 0.384 e. The SMILES string of the molecule is CC(C)(C)CC1NC[C@H](C2(C)C=C(Cl)C=CC2)[C@]12CNc1ccc(Cl)cc12. The molecule has 146 valence electrons. The Balaban J connectivity index is 1.84. The minimum atomic E-state index is 0.0150. The van der Waals surface area contributed by atoms with Gasteiger partial charge in [0.2, 0.25) is 0 Å². The fourth-order valence-corrected chi connectivity index (χ4v) is 6.17. The van der Waals surface area contributed by atoms with E-state index in [0.717, 1.165) is 36.0 Å². The van der Waals surface area contributed by atoms with Crippen LogP contribution in [-0.2, 0) is 5.41 Å². The second-order valence-corrected chi connectivity index (χ2v) is 10.9. The number of fused-ring (bicyclic) bond motifs is 2. The van der Waals surface area contributed by atoms with Crippen molar-refractivity contribution in [2.24, 2.45) is 16.7 Å². The molecule has 0 saturated carbocycles. The van der Waals surface area contributed by atoms with E-state index in [9.17, 15) is 0 Å². The first-order valence-electron chi connectivity index (χ1n) is 9.96. The van der Waals surface area contributed by atoms with E-state index in [1.807, 2.05) is 12.1 Å². The third-order valence-corrected chi connectivity index (χ3v) is 7.25. The van der Waals surface area contributed by atoms with Crippen molar-refractivity contribution in [2.75, 3.05) is 18.4 Å². The molecule has 2 N–H and O–H groups in total. The Labute approximate surface area is 173 Å². The Kier molecular flexibility index (Phi) is 4.69. The zero-order valence-electron chi connectivity index (χ0n) is 16.7. The first-order chi connectivity index (χ1) is 12.6. The quantitative estimate of drug-likeness (QED) is 0.620. The van der Waals surface area contributed by atoms with Crippen LogP contribution in [0.1, 0.15) is 46.1 Å². The number of hydrogen-bond donors (Lipinski definition) is 2. The molecule has 1 spiro atoms. The standard InChI is InChI=1S/C23H30Cl2N2/c1-21(2,3)12-20-23(14-27-18-8-7-15(24)10-17(18)23)19(13-26-20)22(4)9-5-6-16(25)11-22/h5-8,10-11,19-20,26-27H,9,12-14H2,1-4H3/t19-,20?,22?,23-/m1/s1. The van der Waals surface area contributed by atoms with E-state index in [0.29, 0.717) is 12.0 Å². The summed E-state index contributed by atoms with van der Waals surface area (Å²) in [7, 11) is 0. The van der Waals surface area contributed by atoms with Gasteiger partial charge in [0.25, 0.3) is 0 Å². The highest BCUT2D eigenvalue weighted by Crippen LogP contribution is 2.57. The monoisotopic (exact) mass is 404 g/mol. The van der Waals surface area contributed by atoms with Crippen molar-refractivity contribution in [2.45, 2.75) is 52.0 Å². The average Bonchev–Trinajstić information content (AvgIpc) is 3.09. The van der Waals surface area contributed by atoms with Crippen molar-refractivity contribution in [3.8, 4) is 0 Å². The summed E-state index contributed by atoms with van der Waals surface area (Å²) in [5, 5.41) is 9.29. The summed E-state index contributed by atoms with van der Waals surface area (Å²) < 4.78 is 0. The molecule has 1 fully saturated rings. The van der Waals surface area contributed by atoms with Gasteiger partial charge in [-0.15, -0.1) is 0 Å². The van der Waals surface area contributed by atoms with Gasteiger partial charge >= 0.3 is 0 Å². The van der Waals surface area contributed by atoms with E-state index in [2.05, 4.69) is 62.6 Å². The summed E-state index contributed by atoms with van der Waals surface area (Å²) in [5.41, 5.74) is 2.90. The number of halogens is 2. The third kappa shape index (κ3) is 3.24. The van der Waals surface area contributed by atoms with Crippen molar-refractivity contribution in [3.05, 3.63) is 52.0 Å². The Morgan fingerprint density at radius 3 is 2.70 bits per heavy atom. The lowest BCUT2D eigenvalue weighted by Crippen LogP contribution is -2.50. The van der Waals surface area contributed by atoms with Crippen LogP contribution < -0.4 is 10.6 Å². The molecule has 1 aromatic rings. The minimum Gasteiger partial charge on any atom is -0.384 e. The van der Waals surface area contributed by atoms with E-state index in [4.69, 9.17) is 23.2 Å². The topological polar surface area (TPSA) is 24.1 Å². The second-order valence-electron chi connectivity index (χ2n) is 10.0. The van der Waals surface area contributed by atoms with Crippen LogP contribution in [0.25, 0.3) is 0 Å². The van der Waals surface area contributed by atoms with Crippen LogP contribution in [0.4, 0.5) is 5.69 Å². The molecule has 4 heteroatoms. The number of allylic oxidation sites excluding steroid dienone is 4. The molecular weight excluding hydrogens is 375 g/mol. The molecular formula is C23H30Cl2N2. The van der Waals surface area contributed by atoms with Gasteiger partial charge < -0.3 is 10.6 Å². The summed E-state index contributed by atoms with van der Waals surface area (Å²) in [4.78, 5) is 0. The zero-order chi connectivity index (χ0) is 19.4. The highest BCUT2D eigenvalue weighted by molar-refractivity contribution is 6.31. The molecule has 1 saturated heterocycles. The van der Waals surface area contributed by atoms with Crippen molar-refractivity contribution in [1.29, 1.82) is 0 Å². The smallest absolute Gasteiger partial charge is 0.0410 e. The van der Waals surface area contributed by atoms with Crippen LogP contribution >= 0.6 is 23.2 Å². The molecule has 0 radical (unpaired) electrons. The third-order valence-electron chi connectivity index (χ3n) is 6.78. The molecule has 2 nitrogen and oxygen atoms in total. The van der Waals surface area contributed by atoms with Gasteiger partial charge in [-0.2, -0.15) is 0 Å². The van der Waals surface area contributed by atoms with Crippen molar-refractivity contribution < 1.29 is 0 Å². The average molecular weight is 405 g/mol. The molecule has 27 heavy (non-hydrogen) atoms. The summed E-state index contributed by atoms with van der Waals surface area (Å²) >= 11 is 12.9. The molecule has 2 heterocycles. The minimum absolute atomic E-state index is 0.0150. The van der Waals surface area contributed by atoms with Crippen LogP contribution in [0.15, 0.2) is 41.5 Å². The van der Waals surface area contributed by atoms with Gasteiger partial charge in [-0.3, -0.25) is 0 Å². The van der Waals surface area contributed by atoms with Gasteiger partial charge in [0.1, 0.15) is 0 Å². The summed E-state index contributed by atoms with van der Waals surface area (Å²) in [6, 6.07) is 6.73. The maximum Gasteiger partial charge on any atom is 0.0410 e. The van der Waals surface area contributed by atoms with Gasteiger partial charge in [0.15, 0.2) is 0 Å². The first-order valence-corrected chi connectivity index (χ1v) is 10.7. The van der Waals surface area contributed by atoms with Crippen molar-refractivity contribution >= 4 is 28.9 Å². The van der Waals surface area contributed by atoms with Gasteiger partial charge in [0.05, 0.1) is 0 Å². The molecule has 3 aliphatic rings. The Bertz CT molecular complexity index is 807. The van der Waals surface area contributed by atoms with Gasteiger partial charge in [-0.05, 0) is 59.4 Å². The Hall–Kier alpha value is -0.960. The van der Waals surface area contributed by atoms with Gasteiger partial charge in [-0.25, -0.2) is 0 Å². The lowest BCUT2D eigenvalue weighted by molar-refractivity contribution is 0.160. The molecule has 1 aliphatic carbocycles. The fraction of sp³-hybridized carbons (Fsp3) is 0.565. The van der Waals surface area contributed by atoms with Crippen LogP contribution in [0.2, 0.25) is 5.02 Å². The highest BCUT2D eigenvalue weighted by atomic mass is 35.5. The van der Waals surface area contributed by atoms with Crippen molar-refractivity contribution in [1.82, 2.24) is 5.32 Å². The number of rotatable bonds is 2.